The highest BCUT2D eigenvalue weighted by atomic mass is 32.1. The highest BCUT2D eigenvalue weighted by Gasteiger charge is 2.23. The molecule has 0 aliphatic carbocycles. The summed E-state index contributed by atoms with van der Waals surface area (Å²) in [5.41, 5.74) is 3.51. The molecule has 1 aliphatic rings. The molecule has 3 aromatic rings. The lowest BCUT2D eigenvalue weighted by Gasteiger charge is -2.34. The molecular weight excluding hydrogens is 377 g/mol. The number of anilines is 1. The molecule has 0 atom stereocenters. The van der Waals surface area contributed by atoms with Crippen LogP contribution in [0.4, 0.5) is 9.52 Å². The van der Waals surface area contributed by atoms with Gasteiger partial charge in [0, 0.05) is 26.2 Å². The summed E-state index contributed by atoms with van der Waals surface area (Å²) in [6.07, 6.45) is 0. The van der Waals surface area contributed by atoms with E-state index < -0.39 is 0 Å². The van der Waals surface area contributed by atoms with Crippen LogP contribution >= 0.6 is 11.3 Å². The molecule has 7 heteroatoms. The maximum absolute atomic E-state index is 12.9. The molecule has 5 nitrogen and oxygen atoms in total. The number of halogens is 1. The van der Waals surface area contributed by atoms with E-state index in [1.54, 1.807) is 11.3 Å². The first-order valence-corrected chi connectivity index (χ1v) is 10.1. The van der Waals surface area contributed by atoms with Gasteiger partial charge in [-0.15, -0.1) is 0 Å². The monoisotopic (exact) mass is 399 g/mol. The summed E-state index contributed by atoms with van der Waals surface area (Å²) in [4.78, 5) is 21.3. The molecule has 146 valence electrons. The Kier molecular flexibility index (Phi) is 5.17. The molecule has 28 heavy (non-hydrogen) atoms. The standard InChI is InChI=1S/C21H22FN3O2S/c1-14-11-15(2)20-18(12-14)28-21(23-20)25-9-7-24(8-10-25)19(26)13-27-17-5-3-16(22)4-6-17/h3-6,11-12H,7-10,13H2,1-2H3. The minimum absolute atomic E-state index is 0.0365. The first kappa shape index (κ1) is 18.7. The van der Waals surface area contributed by atoms with Crippen LogP contribution in [0.15, 0.2) is 36.4 Å². The van der Waals surface area contributed by atoms with Crippen molar-refractivity contribution >= 4 is 32.6 Å². The molecule has 1 aliphatic heterocycles. The number of fused-ring (bicyclic) bond motifs is 1. The predicted octanol–water partition coefficient (Wildman–Crippen LogP) is 3.78. The largest absolute Gasteiger partial charge is 0.484 e. The number of carbonyl (C=O) groups excluding carboxylic acids is 1. The van der Waals surface area contributed by atoms with Gasteiger partial charge in [0.05, 0.1) is 10.2 Å². The SMILES string of the molecule is Cc1cc(C)c2nc(N3CCN(C(=O)COc4ccc(F)cc4)CC3)sc2c1. The number of ether oxygens (including phenoxy) is 1. The molecule has 0 bridgehead atoms. The van der Waals surface area contributed by atoms with E-state index in [9.17, 15) is 9.18 Å². The number of thiazole rings is 1. The number of benzene rings is 2. The summed E-state index contributed by atoms with van der Waals surface area (Å²) in [5, 5.41) is 1.01. The van der Waals surface area contributed by atoms with Gasteiger partial charge in [0.1, 0.15) is 11.6 Å². The highest BCUT2D eigenvalue weighted by molar-refractivity contribution is 7.22. The van der Waals surface area contributed by atoms with Crippen LogP contribution < -0.4 is 9.64 Å². The zero-order chi connectivity index (χ0) is 19.7. The highest BCUT2D eigenvalue weighted by Crippen LogP contribution is 2.32. The minimum atomic E-state index is -0.324. The number of aromatic nitrogens is 1. The number of nitrogens with zero attached hydrogens (tertiary/aromatic N) is 3. The minimum Gasteiger partial charge on any atom is -0.484 e. The Hall–Kier alpha value is -2.67. The fourth-order valence-corrected chi connectivity index (χ4v) is 4.60. The average molecular weight is 399 g/mol. The molecule has 0 radical (unpaired) electrons. The Balaban J connectivity index is 1.34. The van der Waals surface area contributed by atoms with Gasteiger partial charge in [-0.25, -0.2) is 9.37 Å². The summed E-state index contributed by atoms with van der Waals surface area (Å²) in [6.45, 7) is 6.94. The first-order valence-electron chi connectivity index (χ1n) is 9.28. The van der Waals surface area contributed by atoms with Crippen molar-refractivity contribution in [2.45, 2.75) is 13.8 Å². The van der Waals surface area contributed by atoms with Crippen molar-refractivity contribution in [2.75, 3.05) is 37.7 Å². The molecule has 0 N–H and O–H groups in total. The van der Waals surface area contributed by atoms with E-state index in [2.05, 4.69) is 30.9 Å². The van der Waals surface area contributed by atoms with Crippen LogP contribution in [0.1, 0.15) is 11.1 Å². The number of hydrogen-bond donors (Lipinski definition) is 0. The van der Waals surface area contributed by atoms with Gasteiger partial charge in [0.15, 0.2) is 11.7 Å². The normalized spacial score (nSPS) is 14.5. The van der Waals surface area contributed by atoms with Crippen LogP contribution in [0.25, 0.3) is 10.2 Å². The van der Waals surface area contributed by atoms with Crippen LogP contribution in [-0.4, -0.2) is 48.6 Å². The Bertz CT molecular complexity index is 995. The van der Waals surface area contributed by atoms with E-state index >= 15 is 0 Å². The van der Waals surface area contributed by atoms with Crippen LogP contribution in [0.5, 0.6) is 5.75 Å². The maximum Gasteiger partial charge on any atom is 0.260 e. The van der Waals surface area contributed by atoms with Gasteiger partial charge < -0.3 is 14.5 Å². The van der Waals surface area contributed by atoms with Gasteiger partial charge in [-0.2, -0.15) is 0 Å². The number of rotatable bonds is 4. The Labute approximate surface area is 167 Å². The lowest BCUT2D eigenvalue weighted by atomic mass is 10.1. The van der Waals surface area contributed by atoms with E-state index in [0.717, 1.165) is 23.7 Å². The van der Waals surface area contributed by atoms with Gasteiger partial charge in [0.25, 0.3) is 5.91 Å². The van der Waals surface area contributed by atoms with Crippen LogP contribution in [0.3, 0.4) is 0 Å². The quantitative estimate of drug-likeness (QED) is 0.670. The number of hydrogen-bond acceptors (Lipinski definition) is 5. The van der Waals surface area contributed by atoms with Crippen molar-refractivity contribution in [1.29, 1.82) is 0 Å². The topological polar surface area (TPSA) is 45.7 Å². The van der Waals surface area contributed by atoms with Crippen molar-refractivity contribution in [3.63, 3.8) is 0 Å². The lowest BCUT2D eigenvalue weighted by molar-refractivity contribution is -0.133. The zero-order valence-electron chi connectivity index (χ0n) is 15.9. The van der Waals surface area contributed by atoms with Crippen molar-refractivity contribution < 1.29 is 13.9 Å². The number of amides is 1. The fraction of sp³-hybridized carbons (Fsp3) is 0.333. The van der Waals surface area contributed by atoms with E-state index in [0.29, 0.717) is 18.8 Å². The van der Waals surface area contributed by atoms with Crippen LogP contribution in [-0.2, 0) is 4.79 Å². The molecule has 1 fully saturated rings. The second kappa shape index (κ2) is 7.75. The first-order chi connectivity index (χ1) is 13.5. The van der Waals surface area contributed by atoms with Gasteiger partial charge in [-0.05, 0) is 55.3 Å². The molecule has 2 heterocycles. The molecule has 0 saturated carbocycles. The smallest absolute Gasteiger partial charge is 0.260 e. The van der Waals surface area contributed by atoms with E-state index in [1.165, 1.54) is 40.1 Å². The molecule has 1 aromatic heterocycles. The van der Waals surface area contributed by atoms with Gasteiger partial charge in [0.2, 0.25) is 0 Å². The third-order valence-electron chi connectivity index (χ3n) is 4.90. The second-order valence-electron chi connectivity index (χ2n) is 7.04. The van der Waals surface area contributed by atoms with E-state index in [1.807, 2.05) is 4.90 Å². The third-order valence-corrected chi connectivity index (χ3v) is 5.96. The molecule has 1 saturated heterocycles. The fourth-order valence-electron chi connectivity index (χ4n) is 3.41. The molecule has 0 unspecified atom stereocenters. The predicted molar refractivity (Wildman–Crippen MR) is 110 cm³/mol. The second-order valence-corrected chi connectivity index (χ2v) is 8.04. The Morgan fingerprint density at radius 1 is 1.14 bits per heavy atom. The number of piperazine rings is 1. The van der Waals surface area contributed by atoms with Crippen molar-refractivity contribution in [2.24, 2.45) is 0 Å². The third kappa shape index (κ3) is 3.94. The summed E-state index contributed by atoms with van der Waals surface area (Å²) < 4.78 is 19.6. The summed E-state index contributed by atoms with van der Waals surface area (Å²) >= 11 is 1.71. The van der Waals surface area contributed by atoms with Crippen molar-refractivity contribution in [3.8, 4) is 5.75 Å². The summed E-state index contributed by atoms with van der Waals surface area (Å²) in [7, 11) is 0. The van der Waals surface area contributed by atoms with E-state index in [4.69, 9.17) is 9.72 Å². The van der Waals surface area contributed by atoms with Crippen molar-refractivity contribution in [1.82, 2.24) is 9.88 Å². The Morgan fingerprint density at radius 2 is 1.86 bits per heavy atom. The molecular formula is C21H22FN3O2S. The number of aryl methyl sites for hydroxylation is 2. The van der Waals surface area contributed by atoms with Crippen molar-refractivity contribution in [3.05, 3.63) is 53.3 Å². The lowest BCUT2D eigenvalue weighted by Crippen LogP contribution is -2.50. The molecule has 0 spiro atoms. The molecule has 1 amide bonds. The zero-order valence-corrected chi connectivity index (χ0v) is 16.8. The van der Waals surface area contributed by atoms with Crippen LogP contribution in [0.2, 0.25) is 0 Å². The molecule has 4 rings (SSSR count). The van der Waals surface area contributed by atoms with Gasteiger partial charge >= 0.3 is 0 Å². The average Bonchev–Trinajstić information content (AvgIpc) is 3.12. The van der Waals surface area contributed by atoms with Gasteiger partial charge in [-0.1, -0.05) is 17.4 Å². The Morgan fingerprint density at radius 3 is 2.57 bits per heavy atom. The summed E-state index contributed by atoms with van der Waals surface area (Å²) in [5.74, 6) is 0.114. The van der Waals surface area contributed by atoms with Crippen LogP contribution in [0, 0.1) is 19.7 Å². The molecule has 2 aromatic carbocycles. The summed E-state index contributed by atoms with van der Waals surface area (Å²) in [6, 6.07) is 10.0. The number of carbonyl (C=O) groups is 1. The van der Waals surface area contributed by atoms with Gasteiger partial charge in [-0.3, -0.25) is 4.79 Å². The van der Waals surface area contributed by atoms with E-state index in [-0.39, 0.29) is 18.3 Å². The maximum atomic E-state index is 12.9.